The van der Waals surface area contributed by atoms with Crippen molar-refractivity contribution >= 4 is 28.3 Å². The zero-order valence-electron chi connectivity index (χ0n) is 15.0. The van der Waals surface area contributed by atoms with Crippen LogP contribution >= 0.6 is 11.6 Å². The number of hydrogen-bond donors (Lipinski definition) is 1. The van der Waals surface area contributed by atoms with Crippen LogP contribution in [0.1, 0.15) is 36.4 Å². The van der Waals surface area contributed by atoms with Gasteiger partial charge in [-0.1, -0.05) is 72.6 Å². The highest BCUT2D eigenvalue weighted by Crippen LogP contribution is 2.38. The molecule has 1 fully saturated rings. The maximum atomic E-state index is 12.0. The molecule has 138 valence electrons. The lowest BCUT2D eigenvalue weighted by atomic mass is 9.89. The van der Waals surface area contributed by atoms with Crippen LogP contribution in [0.3, 0.4) is 0 Å². The lowest BCUT2D eigenvalue weighted by Crippen LogP contribution is -2.46. The van der Waals surface area contributed by atoms with Gasteiger partial charge in [0, 0.05) is 5.02 Å². The van der Waals surface area contributed by atoms with Crippen LogP contribution in [0, 0.1) is 0 Å². The second-order valence-corrected chi connectivity index (χ2v) is 7.55. The van der Waals surface area contributed by atoms with Gasteiger partial charge in [0.1, 0.15) is 6.04 Å². The second kappa shape index (κ2) is 7.71. The standard InChI is InChI=1S/C23H22ClNO2/c24-18-10-5-9-17(15-18)22(25-14-4-3-13-21(25)23(26)27)20-12-6-8-16-7-1-2-11-19(16)20/h1-2,5-12,15,21-22H,3-4,13-14H2,(H,26,27). The van der Waals surface area contributed by atoms with Gasteiger partial charge in [-0.15, -0.1) is 0 Å². The van der Waals surface area contributed by atoms with Crippen molar-refractivity contribution in [2.45, 2.75) is 31.3 Å². The van der Waals surface area contributed by atoms with Gasteiger partial charge in [0.15, 0.2) is 0 Å². The number of fused-ring (bicyclic) bond motifs is 1. The molecule has 0 bridgehead atoms. The highest BCUT2D eigenvalue weighted by Gasteiger charge is 2.35. The van der Waals surface area contributed by atoms with E-state index < -0.39 is 12.0 Å². The molecule has 1 heterocycles. The molecule has 3 aromatic rings. The number of likely N-dealkylation sites (tertiary alicyclic amines) is 1. The van der Waals surface area contributed by atoms with E-state index in [9.17, 15) is 9.90 Å². The summed E-state index contributed by atoms with van der Waals surface area (Å²) < 4.78 is 0. The Kier molecular flexibility index (Phi) is 5.15. The van der Waals surface area contributed by atoms with Crippen LogP contribution < -0.4 is 0 Å². The van der Waals surface area contributed by atoms with E-state index in [0.717, 1.165) is 41.3 Å². The molecule has 0 aliphatic carbocycles. The number of carbonyl (C=O) groups is 1. The Morgan fingerprint density at radius 1 is 1.04 bits per heavy atom. The van der Waals surface area contributed by atoms with Crippen molar-refractivity contribution in [3.05, 3.63) is 82.9 Å². The molecule has 3 aromatic carbocycles. The van der Waals surface area contributed by atoms with Crippen molar-refractivity contribution in [3.63, 3.8) is 0 Å². The lowest BCUT2D eigenvalue weighted by Gasteiger charge is -2.40. The number of benzene rings is 3. The Morgan fingerprint density at radius 3 is 2.63 bits per heavy atom. The highest BCUT2D eigenvalue weighted by molar-refractivity contribution is 6.30. The first kappa shape index (κ1) is 18.0. The topological polar surface area (TPSA) is 40.5 Å². The molecule has 27 heavy (non-hydrogen) atoms. The van der Waals surface area contributed by atoms with Gasteiger partial charge in [-0.05, 0) is 53.4 Å². The third-order valence-corrected chi connectivity index (χ3v) is 5.68. The summed E-state index contributed by atoms with van der Waals surface area (Å²) in [6.45, 7) is 0.761. The molecule has 4 rings (SSSR count). The molecule has 1 aliphatic rings. The van der Waals surface area contributed by atoms with Crippen molar-refractivity contribution in [2.75, 3.05) is 6.54 Å². The van der Waals surface area contributed by atoms with Gasteiger partial charge in [0.25, 0.3) is 0 Å². The van der Waals surface area contributed by atoms with Gasteiger partial charge in [-0.2, -0.15) is 0 Å². The molecule has 1 N–H and O–H groups in total. The molecule has 0 amide bonds. The van der Waals surface area contributed by atoms with Crippen molar-refractivity contribution in [3.8, 4) is 0 Å². The van der Waals surface area contributed by atoms with E-state index in [1.807, 2.05) is 36.4 Å². The molecule has 0 aromatic heterocycles. The Balaban J connectivity index is 1.92. The molecule has 0 saturated carbocycles. The largest absolute Gasteiger partial charge is 0.480 e. The summed E-state index contributed by atoms with van der Waals surface area (Å²) in [6, 6.07) is 21.7. The maximum Gasteiger partial charge on any atom is 0.320 e. The van der Waals surface area contributed by atoms with E-state index in [-0.39, 0.29) is 6.04 Å². The Hall–Kier alpha value is -2.36. The Morgan fingerprint density at radius 2 is 1.81 bits per heavy atom. The molecular formula is C23H22ClNO2. The number of halogens is 1. The van der Waals surface area contributed by atoms with Crippen molar-refractivity contribution in [2.24, 2.45) is 0 Å². The number of hydrogen-bond acceptors (Lipinski definition) is 2. The summed E-state index contributed by atoms with van der Waals surface area (Å²) in [5.41, 5.74) is 2.16. The first-order chi connectivity index (χ1) is 13.1. The molecule has 1 saturated heterocycles. The second-order valence-electron chi connectivity index (χ2n) is 7.11. The van der Waals surface area contributed by atoms with Crippen LogP contribution in [0.4, 0.5) is 0 Å². The van der Waals surface area contributed by atoms with E-state index in [4.69, 9.17) is 11.6 Å². The molecule has 3 nitrogen and oxygen atoms in total. The summed E-state index contributed by atoms with van der Waals surface area (Å²) in [5.74, 6) is -0.748. The molecule has 0 radical (unpaired) electrons. The minimum absolute atomic E-state index is 0.142. The van der Waals surface area contributed by atoms with E-state index in [1.54, 1.807) is 0 Å². The molecule has 4 heteroatoms. The van der Waals surface area contributed by atoms with Crippen LogP contribution in [-0.2, 0) is 4.79 Å². The van der Waals surface area contributed by atoms with E-state index in [1.165, 1.54) is 0 Å². The number of nitrogens with zero attached hydrogens (tertiary/aromatic N) is 1. The molecule has 1 aliphatic heterocycles. The SMILES string of the molecule is O=C(O)C1CCCCN1C(c1cccc(Cl)c1)c1cccc2ccccc12. The minimum atomic E-state index is -0.748. The molecular weight excluding hydrogens is 358 g/mol. The number of piperidine rings is 1. The van der Waals surface area contributed by atoms with Crippen LogP contribution in [0.15, 0.2) is 66.7 Å². The number of carboxylic acid groups (broad SMARTS) is 1. The fourth-order valence-corrected chi connectivity index (χ4v) is 4.44. The first-order valence-electron chi connectivity index (χ1n) is 9.37. The minimum Gasteiger partial charge on any atom is -0.480 e. The van der Waals surface area contributed by atoms with E-state index >= 15 is 0 Å². The Bertz CT molecular complexity index is 966. The molecule has 2 atom stereocenters. The van der Waals surface area contributed by atoms with Gasteiger partial charge in [-0.3, -0.25) is 9.69 Å². The predicted octanol–water partition coefficient (Wildman–Crippen LogP) is 5.52. The van der Waals surface area contributed by atoms with Crippen LogP contribution in [0.25, 0.3) is 10.8 Å². The van der Waals surface area contributed by atoms with Gasteiger partial charge < -0.3 is 5.11 Å². The summed E-state index contributed by atoms with van der Waals surface area (Å²) in [4.78, 5) is 14.1. The fraction of sp³-hybridized carbons (Fsp3) is 0.261. The van der Waals surface area contributed by atoms with Crippen LogP contribution in [0.2, 0.25) is 5.02 Å². The van der Waals surface area contributed by atoms with E-state index in [2.05, 4.69) is 35.2 Å². The summed E-state index contributed by atoms with van der Waals surface area (Å²) >= 11 is 6.30. The van der Waals surface area contributed by atoms with Crippen molar-refractivity contribution < 1.29 is 9.90 Å². The van der Waals surface area contributed by atoms with Crippen molar-refractivity contribution in [1.82, 2.24) is 4.90 Å². The summed E-state index contributed by atoms with van der Waals surface area (Å²) in [7, 11) is 0. The fourth-order valence-electron chi connectivity index (χ4n) is 4.24. The van der Waals surface area contributed by atoms with E-state index in [0.29, 0.717) is 11.4 Å². The summed E-state index contributed by atoms with van der Waals surface area (Å²) in [6.07, 6.45) is 2.63. The van der Waals surface area contributed by atoms with Crippen LogP contribution in [0.5, 0.6) is 0 Å². The van der Waals surface area contributed by atoms with Gasteiger partial charge >= 0.3 is 5.97 Å². The third kappa shape index (κ3) is 3.58. The zero-order chi connectivity index (χ0) is 18.8. The smallest absolute Gasteiger partial charge is 0.320 e. The average Bonchev–Trinajstić information content (AvgIpc) is 2.69. The Labute approximate surface area is 164 Å². The normalized spacial score (nSPS) is 19.1. The quantitative estimate of drug-likeness (QED) is 0.648. The predicted molar refractivity (Wildman–Crippen MR) is 109 cm³/mol. The third-order valence-electron chi connectivity index (χ3n) is 5.44. The number of carboxylic acids is 1. The van der Waals surface area contributed by atoms with Gasteiger partial charge in [0.2, 0.25) is 0 Å². The lowest BCUT2D eigenvalue weighted by molar-refractivity contribution is -0.145. The molecule has 2 unspecified atom stereocenters. The van der Waals surface area contributed by atoms with Gasteiger partial charge in [-0.25, -0.2) is 0 Å². The number of rotatable bonds is 4. The maximum absolute atomic E-state index is 12.0. The average molecular weight is 380 g/mol. The highest BCUT2D eigenvalue weighted by atomic mass is 35.5. The first-order valence-corrected chi connectivity index (χ1v) is 9.74. The summed E-state index contributed by atoms with van der Waals surface area (Å²) in [5, 5.41) is 12.8. The zero-order valence-corrected chi connectivity index (χ0v) is 15.8. The molecule has 0 spiro atoms. The van der Waals surface area contributed by atoms with Crippen molar-refractivity contribution in [1.29, 1.82) is 0 Å². The van der Waals surface area contributed by atoms with Gasteiger partial charge in [0.05, 0.1) is 6.04 Å². The number of aliphatic carboxylic acids is 1. The van der Waals surface area contributed by atoms with Crippen LogP contribution in [-0.4, -0.2) is 28.6 Å². The monoisotopic (exact) mass is 379 g/mol.